The maximum Gasteiger partial charge on any atom is 0.234 e. The summed E-state index contributed by atoms with van der Waals surface area (Å²) in [5, 5.41) is 8.26. The van der Waals surface area contributed by atoms with E-state index in [0.29, 0.717) is 0 Å². The largest absolute Gasteiger partial charge is 0.496 e. The van der Waals surface area contributed by atoms with Crippen molar-refractivity contribution < 1.29 is 9.53 Å². The first-order chi connectivity index (χ1) is 13.7. The molecule has 7 heteroatoms. The Morgan fingerprint density at radius 2 is 1.93 bits per heavy atom. The Labute approximate surface area is 166 Å². The minimum Gasteiger partial charge on any atom is -0.496 e. The number of fused-ring (bicyclic) bond motifs is 1. The van der Waals surface area contributed by atoms with Gasteiger partial charge in [0.05, 0.1) is 24.1 Å². The zero-order valence-corrected chi connectivity index (χ0v) is 16.0. The topological polar surface area (TPSA) is 68.5 Å². The monoisotopic (exact) mass is 390 g/mol. The molecule has 0 aliphatic rings. The van der Waals surface area contributed by atoms with Crippen molar-refractivity contribution in [1.82, 2.24) is 14.6 Å². The second-order valence-corrected chi connectivity index (χ2v) is 6.96. The third kappa shape index (κ3) is 3.84. The average Bonchev–Trinajstić information content (AvgIpc) is 3.17. The lowest BCUT2D eigenvalue weighted by atomic mass is 10.1. The van der Waals surface area contributed by atoms with Crippen LogP contribution in [0.2, 0.25) is 0 Å². The Morgan fingerprint density at radius 1 is 1.14 bits per heavy atom. The van der Waals surface area contributed by atoms with E-state index in [-0.39, 0.29) is 11.7 Å². The Morgan fingerprint density at radius 3 is 2.75 bits per heavy atom. The minimum absolute atomic E-state index is 0.0792. The number of ether oxygens (including phenoxy) is 1. The number of carbonyl (C=O) groups excluding carboxylic acids is 1. The fourth-order valence-corrected chi connectivity index (χ4v) is 3.63. The van der Waals surface area contributed by atoms with Gasteiger partial charge in [-0.2, -0.15) is 5.10 Å². The summed E-state index contributed by atoms with van der Waals surface area (Å²) in [6.45, 7) is 0. The van der Waals surface area contributed by atoms with Gasteiger partial charge in [-0.1, -0.05) is 42.1 Å². The number of hydrogen-bond donors (Lipinski definition) is 1. The molecule has 6 nitrogen and oxygen atoms in total. The van der Waals surface area contributed by atoms with Crippen LogP contribution in [0.3, 0.4) is 0 Å². The second kappa shape index (κ2) is 8.14. The van der Waals surface area contributed by atoms with Crippen LogP contribution in [0.15, 0.2) is 78.1 Å². The van der Waals surface area contributed by atoms with Gasteiger partial charge in [0.15, 0.2) is 0 Å². The van der Waals surface area contributed by atoms with E-state index in [9.17, 15) is 4.79 Å². The molecule has 2 aromatic heterocycles. The summed E-state index contributed by atoms with van der Waals surface area (Å²) in [6, 6.07) is 19.1. The Hall–Kier alpha value is -3.32. The van der Waals surface area contributed by atoms with Crippen molar-refractivity contribution in [2.45, 2.75) is 5.03 Å². The van der Waals surface area contributed by atoms with Gasteiger partial charge in [0.25, 0.3) is 0 Å². The van der Waals surface area contributed by atoms with Crippen molar-refractivity contribution in [2.24, 2.45) is 0 Å². The quantitative estimate of drug-likeness (QED) is 0.501. The molecule has 0 radical (unpaired) electrons. The van der Waals surface area contributed by atoms with E-state index < -0.39 is 0 Å². The lowest BCUT2D eigenvalue weighted by Gasteiger charge is -2.05. The van der Waals surface area contributed by atoms with E-state index in [0.717, 1.165) is 33.2 Å². The number of methoxy groups -OCH3 is 1. The standard InChI is InChI=1S/C21H18N4O2S/c1-27-19-10-6-5-9-16(19)17-13-18-21(22-11-12-25(18)24-17)28-14-20(26)23-15-7-3-2-4-8-15/h2-13H,14H2,1H3,(H,23,26). The van der Waals surface area contributed by atoms with Crippen LogP contribution in [0.4, 0.5) is 5.69 Å². The molecule has 4 rings (SSSR count). The van der Waals surface area contributed by atoms with Crippen LogP contribution >= 0.6 is 11.8 Å². The third-order valence-electron chi connectivity index (χ3n) is 4.13. The average molecular weight is 390 g/mol. The zero-order chi connectivity index (χ0) is 19.3. The van der Waals surface area contributed by atoms with Crippen LogP contribution < -0.4 is 10.1 Å². The van der Waals surface area contributed by atoms with Crippen molar-refractivity contribution in [2.75, 3.05) is 18.2 Å². The molecule has 0 spiro atoms. The molecule has 0 saturated heterocycles. The van der Waals surface area contributed by atoms with E-state index >= 15 is 0 Å². The molecular weight excluding hydrogens is 372 g/mol. The molecule has 2 heterocycles. The van der Waals surface area contributed by atoms with Crippen LogP contribution in [0.5, 0.6) is 5.75 Å². The van der Waals surface area contributed by atoms with Gasteiger partial charge in [-0.15, -0.1) is 0 Å². The maximum atomic E-state index is 12.2. The summed E-state index contributed by atoms with van der Waals surface area (Å²) in [4.78, 5) is 16.7. The van der Waals surface area contributed by atoms with Gasteiger partial charge in [0, 0.05) is 23.6 Å². The summed E-state index contributed by atoms with van der Waals surface area (Å²) in [6.07, 6.45) is 3.48. The fraction of sp³-hybridized carbons (Fsp3) is 0.0952. The lowest BCUT2D eigenvalue weighted by Crippen LogP contribution is -2.14. The number of nitrogens with one attached hydrogen (secondary N) is 1. The van der Waals surface area contributed by atoms with Crippen molar-refractivity contribution in [3.8, 4) is 17.0 Å². The molecule has 0 fully saturated rings. The highest BCUT2D eigenvalue weighted by Crippen LogP contribution is 2.31. The van der Waals surface area contributed by atoms with Gasteiger partial charge in [0.1, 0.15) is 10.8 Å². The fourth-order valence-electron chi connectivity index (χ4n) is 2.85. The van der Waals surface area contributed by atoms with E-state index in [2.05, 4.69) is 15.4 Å². The first kappa shape index (κ1) is 18.1. The normalized spacial score (nSPS) is 10.8. The second-order valence-electron chi connectivity index (χ2n) is 5.99. The van der Waals surface area contributed by atoms with Crippen molar-refractivity contribution in [3.63, 3.8) is 0 Å². The van der Waals surface area contributed by atoms with Crippen LogP contribution in [-0.4, -0.2) is 33.4 Å². The predicted octanol–water partition coefficient (Wildman–Crippen LogP) is 4.14. The van der Waals surface area contributed by atoms with Crippen molar-refractivity contribution in [3.05, 3.63) is 73.1 Å². The van der Waals surface area contributed by atoms with Gasteiger partial charge in [0.2, 0.25) is 5.91 Å². The van der Waals surface area contributed by atoms with Crippen LogP contribution in [0.1, 0.15) is 0 Å². The summed E-state index contributed by atoms with van der Waals surface area (Å²) < 4.78 is 7.21. The molecule has 4 aromatic rings. The van der Waals surface area contributed by atoms with Gasteiger partial charge < -0.3 is 10.1 Å². The number of amides is 1. The van der Waals surface area contributed by atoms with Gasteiger partial charge in [-0.05, 0) is 30.3 Å². The van der Waals surface area contributed by atoms with E-state index in [4.69, 9.17) is 4.74 Å². The predicted molar refractivity (Wildman–Crippen MR) is 111 cm³/mol. The van der Waals surface area contributed by atoms with E-state index in [1.165, 1.54) is 11.8 Å². The van der Waals surface area contributed by atoms with Crippen molar-refractivity contribution in [1.29, 1.82) is 0 Å². The van der Waals surface area contributed by atoms with E-state index in [1.807, 2.05) is 60.7 Å². The van der Waals surface area contributed by atoms with Gasteiger partial charge in [-0.25, -0.2) is 9.50 Å². The molecule has 0 saturated carbocycles. The first-order valence-electron chi connectivity index (χ1n) is 8.70. The summed E-state index contributed by atoms with van der Waals surface area (Å²) in [5.41, 5.74) is 3.33. The number of rotatable bonds is 6. The number of carbonyl (C=O) groups is 1. The number of hydrogen-bond acceptors (Lipinski definition) is 5. The molecule has 0 unspecified atom stereocenters. The molecule has 0 bridgehead atoms. The molecule has 140 valence electrons. The van der Waals surface area contributed by atoms with Crippen LogP contribution in [0, 0.1) is 0 Å². The number of anilines is 1. The third-order valence-corrected chi connectivity index (χ3v) is 5.13. The molecule has 0 atom stereocenters. The molecule has 2 aromatic carbocycles. The summed E-state index contributed by atoms with van der Waals surface area (Å²) in [5.74, 6) is 0.941. The molecule has 28 heavy (non-hydrogen) atoms. The lowest BCUT2D eigenvalue weighted by molar-refractivity contribution is -0.113. The Kier molecular flexibility index (Phi) is 5.25. The number of nitrogens with zero attached hydrogens (tertiary/aromatic N) is 3. The molecule has 1 amide bonds. The maximum absolute atomic E-state index is 12.2. The highest BCUT2D eigenvalue weighted by molar-refractivity contribution is 8.00. The molecule has 1 N–H and O–H groups in total. The number of para-hydroxylation sites is 2. The molecular formula is C21H18N4O2S. The Balaban J connectivity index is 1.55. The van der Waals surface area contributed by atoms with Crippen molar-refractivity contribution >= 4 is 28.9 Å². The van der Waals surface area contributed by atoms with Crippen LogP contribution in [0.25, 0.3) is 16.8 Å². The SMILES string of the molecule is COc1ccccc1-c1cc2c(SCC(=O)Nc3ccccc3)nccn2n1. The molecule has 0 aliphatic carbocycles. The zero-order valence-electron chi connectivity index (χ0n) is 15.2. The van der Waals surface area contributed by atoms with Gasteiger partial charge in [-0.3, -0.25) is 4.79 Å². The number of thioether (sulfide) groups is 1. The summed E-state index contributed by atoms with van der Waals surface area (Å²) in [7, 11) is 1.64. The van der Waals surface area contributed by atoms with Gasteiger partial charge >= 0.3 is 0 Å². The van der Waals surface area contributed by atoms with Crippen LogP contribution in [-0.2, 0) is 4.79 Å². The highest BCUT2D eigenvalue weighted by Gasteiger charge is 2.13. The first-order valence-corrected chi connectivity index (χ1v) is 9.68. The number of aromatic nitrogens is 3. The Bertz CT molecular complexity index is 1110. The smallest absolute Gasteiger partial charge is 0.234 e. The molecule has 0 aliphatic heterocycles. The van der Waals surface area contributed by atoms with E-state index in [1.54, 1.807) is 24.0 Å². The summed E-state index contributed by atoms with van der Waals surface area (Å²) >= 11 is 1.38. The number of benzene rings is 2. The highest BCUT2D eigenvalue weighted by atomic mass is 32.2. The minimum atomic E-state index is -0.0792.